The Bertz CT molecular complexity index is 1430. The van der Waals surface area contributed by atoms with Crippen molar-refractivity contribution in [2.45, 2.75) is 26.4 Å². The third-order valence-electron chi connectivity index (χ3n) is 6.16. The van der Waals surface area contributed by atoms with Gasteiger partial charge in [0.25, 0.3) is 5.91 Å². The maximum absolute atomic E-state index is 13.2. The molecule has 0 aliphatic heterocycles. The maximum Gasteiger partial charge on any atom is 0.339 e. The van der Waals surface area contributed by atoms with Crippen molar-refractivity contribution >= 4 is 23.5 Å². The van der Waals surface area contributed by atoms with Crippen molar-refractivity contribution in [2.75, 3.05) is 7.11 Å². The number of benzene rings is 3. The van der Waals surface area contributed by atoms with Crippen LogP contribution in [-0.2, 0) is 11.3 Å². The number of aryl methyl sites for hydroxylation is 1. The van der Waals surface area contributed by atoms with E-state index < -0.39 is 5.97 Å². The molecule has 0 aliphatic rings. The average molecular weight is 502 g/mol. The van der Waals surface area contributed by atoms with Crippen LogP contribution in [0.2, 0.25) is 5.02 Å². The van der Waals surface area contributed by atoms with E-state index in [4.69, 9.17) is 22.1 Å². The van der Waals surface area contributed by atoms with Gasteiger partial charge in [-0.2, -0.15) is 0 Å². The molecule has 4 aromatic rings. The molecule has 0 fully saturated rings. The van der Waals surface area contributed by atoms with E-state index in [-0.39, 0.29) is 11.9 Å². The van der Waals surface area contributed by atoms with Crippen LogP contribution in [0.5, 0.6) is 0 Å². The Labute approximate surface area is 215 Å². The Balaban J connectivity index is 1.73. The number of amides is 1. The highest BCUT2D eigenvalue weighted by Gasteiger charge is 2.17. The highest BCUT2D eigenvalue weighted by Crippen LogP contribution is 2.32. The van der Waals surface area contributed by atoms with Crippen LogP contribution in [0.1, 0.15) is 50.4 Å². The summed E-state index contributed by atoms with van der Waals surface area (Å²) in [6, 6.07) is 20.8. The molecular weight excluding hydrogens is 474 g/mol. The van der Waals surface area contributed by atoms with Gasteiger partial charge in [-0.15, -0.1) is 0 Å². The summed E-state index contributed by atoms with van der Waals surface area (Å²) < 4.78 is 4.84. The molecule has 6 nitrogen and oxygen atoms in total. The number of rotatable bonds is 7. The second-order valence-corrected chi connectivity index (χ2v) is 9.13. The first-order valence-electron chi connectivity index (χ1n) is 11.6. The van der Waals surface area contributed by atoms with Gasteiger partial charge in [0.15, 0.2) is 0 Å². The highest BCUT2D eigenvalue weighted by atomic mass is 35.5. The van der Waals surface area contributed by atoms with E-state index >= 15 is 0 Å². The van der Waals surface area contributed by atoms with Crippen LogP contribution >= 0.6 is 11.6 Å². The molecule has 7 heteroatoms. The Morgan fingerprint density at radius 2 is 1.81 bits per heavy atom. The number of hydrogen-bond acceptors (Lipinski definition) is 4. The lowest BCUT2D eigenvalue weighted by Crippen LogP contribution is -2.27. The number of nitrogens with one attached hydrogen (secondary N) is 2. The fourth-order valence-corrected chi connectivity index (χ4v) is 4.28. The fraction of sp³-hybridized carbons (Fsp3) is 0.172. The molecular formula is C29H28ClN3O3. The van der Waals surface area contributed by atoms with Gasteiger partial charge in [0.2, 0.25) is 0 Å². The zero-order valence-corrected chi connectivity index (χ0v) is 21.1. The summed E-state index contributed by atoms with van der Waals surface area (Å²) in [7, 11) is 1.35. The fourth-order valence-electron chi connectivity index (χ4n) is 4.09. The summed E-state index contributed by atoms with van der Waals surface area (Å²) in [6.07, 6.45) is 1.62. The van der Waals surface area contributed by atoms with Crippen molar-refractivity contribution in [1.29, 1.82) is 0 Å². The first-order chi connectivity index (χ1) is 17.3. The molecule has 0 aliphatic carbocycles. The van der Waals surface area contributed by atoms with Crippen LogP contribution in [0.4, 0.5) is 0 Å². The van der Waals surface area contributed by atoms with E-state index in [0.29, 0.717) is 22.7 Å². The Kier molecular flexibility index (Phi) is 7.58. The molecule has 1 atom stereocenters. The molecule has 36 heavy (non-hydrogen) atoms. The summed E-state index contributed by atoms with van der Waals surface area (Å²) in [4.78, 5) is 28.3. The van der Waals surface area contributed by atoms with Crippen molar-refractivity contribution in [1.82, 2.24) is 10.3 Å². The number of halogens is 1. The van der Waals surface area contributed by atoms with Gasteiger partial charge in [-0.1, -0.05) is 35.9 Å². The first-order valence-corrected chi connectivity index (χ1v) is 12.0. The first kappa shape index (κ1) is 25.2. The average Bonchev–Trinajstić information content (AvgIpc) is 3.38. The molecule has 0 saturated heterocycles. The summed E-state index contributed by atoms with van der Waals surface area (Å²) >= 11 is 6.26. The Morgan fingerprint density at radius 3 is 2.53 bits per heavy atom. The number of hydrogen-bond donors (Lipinski definition) is 3. The van der Waals surface area contributed by atoms with Crippen LogP contribution in [0.25, 0.3) is 22.4 Å². The van der Waals surface area contributed by atoms with E-state index in [1.807, 2.05) is 74.5 Å². The number of nitrogens with two attached hydrogens (primary N) is 1. The third-order valence-corrected chi connectivity index (χ3v) is 6.39. The Hall–Kier alpha value is -3.87. The van der Waals surface area contributed by atoms with E-state index in [1.165, 1.54) is 7.11 Å². The van der Waals surface area contributed by atoms with Gasteiger partial charge < -0.3 is 20.8 Å². The second kappa shape index (κ2) is 10.8. The lowest BCUT2D eigenvalue weighted by Gasteiger charge is -2.18. The normalized spacial score (nSPS) is 11.7. The number of carbonyl (C=O) groups is 2. The summed E-state index contributed by atoms with van der Waals surface area (Å²) in [5, 5.41) is 3.74. The number of aromatic amines is 1. The molecule has 3 aromatic carbocycles. The van der Waals surface area contributed by atoms with Gasteiger partial charge in [-0.3, -0.25) is 4.79 Å². The van der Waals surface area contributed by atoms with Gasteiger partial charge >= 0.3 is 5.97 Å². The number of methoxy groups -OCH3 is 1. The maximum atomic E-state index is 13.2. The van der Waals surface area contributed by atoms with Crippen molar-refractivity contribution in [3.63, 3.8) is 0 Å². The standard InChI is InChI=1S/C29H28ClN3O3/c1-17-7-8-19(15-31)9-26(17)28(34)33-18(2)21-10-22(20-5-4-6-25(30)13-20)12-23(11-21)27-14-24(16-32-27)29(35)36-3/h4-14,16,18,32H,15,31H2,1-3H3,(H,33,34). The number of aromatic nitrogens is 1. The van der Waals surface area contributed by atoms with Crippen molar-refractivity contribution in [2.24, 2.45) is 5.73 Å². The molecule has 4 rings (SSSR count). The lowest BCUT2D eigenvalue weighted by atomic mass is 9.95. The summed E-state index contributed by atoms with van der Waals surface area (Å²) in [6.45, 7) is 4.21. The monoisotopic (exact) mass is 501 g/mol. The molecule has 1 heterocycles. The Morgan fingerprint density at radius 1 is 1.03 bits per heavy atom. The number of esters is 1. The van der Waals surface area contributed by atoms with Crippen molar-refractivity contribution in [3.8, 4) is 22.4 Å². The molecule has 1 aromatic heterocycles. The predicted octanol–water partition coefficient (Wildman–Crippen LogP) is 6.05. The quantitative estimate of drug-likeness (QED) is 0.269. The number of H-pyrrole nitrogens is 1. The molecule has 1 amide bonds. The summed E-state index contributed by atoms with van der Waals surface area (Å²) in [5.74, 6) is -0.586. The largest absolute Gasteiger partial charge is 0.465 e. The number of ether oxygens (including phenoxy) is 1. The number of carbonyl (C=O) groups excluding carboxylic acids is 2. The van der Waals surface area contributed by atoms with Crippen LogP contribution in [0.15, 0.2) is 72.9 Å². The minimum absolute atomic E-state index is 0.169. The second-order valence-electron chi connectivity index (χ2n) is 8.70. The van der Waals surface area contributed by atoms with Gasteiger partial charge in [0.05, 0.1) is 18.7 Å². The minimum atomic E-state index is -0.417. The van der Waals surface area contributed by atoms with Gasteiger partial charge in [0, 0.05) is 29.0 Å². The SMILES string of the molecule is COC(=O)c1c[nH]c(-c2cc(-c3cccc(Cl)c3)cc(C(C)NC(=O)c3cc(CN)ccc3C)c2)c1. The van der Waals surface area contributed by atoms with Crippen LogP contribution in [-0.4, -0.2) is 24.0 Å². The topological polar surface area (TPSA) is 97.2 Å². The molecule has 0 spiro atoms. The molecule has 1 unspecified atom stereocenters. The van der Waals surface area contributed by atoms with Crippen LogP contribution in [0.3, 0.4) is 0 Å². The summed E-state index contributed by atoms with van der Waals surface area (Å²) in [5.41, 5.74) is 13.0. The van der Waals surface area contributed by atoms with Crippen molar-refractivity contribution in [3.05, 3.63) is 106 Å². The van der Waals surface area contributed by atoms with Crippen LogP contribution < -0.4 is 11.1 Å². The molecule has 184 valence electrons. The minimum Gasteiger partial charge on any atom is -0.465 e. The zero-order chi connectivity index (χ0) is 25.8. The lowest BCUT2D eigenvalue weighted by molar-refractivity contribution is 0.0600. The van der Waals surface area contributed by atoms with E-state index in [1.54, 1.807) is 12.3 Å². The van der Waals surface area contributed by atoms with Gasteiger partial charge in [-0.05, 0) is 89.7 Å². The predicted molar refractivity (Wildman–Crippen MR) is 143 cm³/mol. The van der Waals surface area contributed by atoms with Crippen LogP contribution in [0, 0.1) is 6.92 Å². The smallest absolute Gasteiger partial charge is 0.339 e. The zero-order valence-electron chi connectivity index (χ0n) is 20.4. The van der Waals surface area contributed by atoms with Crippen molar-refractivity contribution < 1.29 is 14.3 Å². The van der Waals surface area contributed by atoms with E-state index in [9.17, 15) is 9.59 Å². The van der Waals surface area contributed by atoms with Gasteiger partial charge in [-0.25, -0.2) is 4.79 Å². The van der Waals surface area contributed by atoms with E-state index in [2.05, 4.69) is 10.3 Å². The molecule has 4 N–H and O–H groups in total. The highest BCUT2D eigenvalue weighted by molar-refractivity contribution is 6.30. The molecule has 0 saturated carbocycles. The van der Waals surface area contributed by atoms with Gasteiger partial charge in [0.1, 0.15) is 0 Å². The molecule has 0 radical (unpaired) electrons. The molecule has 0 bridgehead atoms. The van der Waals surface area contributed by atoms with E-state index in [0.717, 1.165) is 39.1 Å². The third kappa shape index (κ3) is 5.51.